The number of hydrogen-bond donors (Lipinski definition) is 1. The smallest absolute Gasteiger partial charge is 0.258 e. The Hall–Kier alpha value is -2.31. The maximum absolute atomic E-state index is 13.4. The van der Waals surface area contributed by atoms with Gasteiger partial charge in [0, 0.05) is 36.2 Å². The molecule has 0 fully saturated rings. The van der Waals surface area contributed by atoms with Crippen molar-refractivity contribution >= 4 is 21.8 Å². The van der Waals surface area contributed by atoms with Crippen LogP contribution in [-0.2, 0) is 24.0 Å². The van der Waals surface area contributed by atoms with Crippen LogP contribution in [0.2, 0.25) is 0 Å². The molecule has 1 N–H and O–H groups in total. The predicted molar refractivity (Wildman–Crippen MR) is 119 cm³/mol. The van der Waals surface area contributed by atoms with Gasteiger partial charge in [0.05, 0.1) is 27.1 Å². The Balaban J connectivity index is 1.93. The maximum Gasteiger partial charge on any atom is 0.258 e. The second-order valence-corrected chi connectivity index (χ2v) is 10.8. The SMILES string of the molecule is Cc1cc([C@@H](C)N[S@](=O)C(C)(C)C)c2cc3n(c(=O)c2c1)CCc1ncccc1-3. The second-order valence-electron chi connectivity index (χ2n) is 8.77. The third-order valence-electron chi connectivity index (χ3n) is 5.45. The van der Waals surface area contributed by atoms with Gasteiger partial charge in [-0.15, -0.1) is 0 Å². The molecule has 0 saturated heterocycles. The number of nitrogens with one attached hydrogen (secondary N) is 1. The van der Waals surface area contributed by atoms with E-state index in [2.05, 4.69) is 21.8 Å². The summed E-state index contributed by atoms with van der Waals surface area (Å²) in [6, 6.07) is 9.93. The molecule has 5 nitrogen and oxygen atoms in total. The van der Waals surface area contributed by atoms with Crippen molar-refractivity contribution < 1.29 is 4.21 Å². The first-order valence-electron chi connectivity index (χ1n) is 9.97. The molecule has 152 valence electrons. The van der Waals surface area contributed by atoms with Gasteiger partial charge in [-0.25, -0.2) is 8.93 Å². The molecule has 29 heavy (non-hydrogen) atoms. The van der Waals surface area contributed by atoms with Gasteiger partial charge >= 0.3 is 0 Å². The van der Waals surface area contributed by atoms with Crippen LogP contribution in [-0.4, -0.2) is 18.5 Å². The van der Waals surface area contributed by atoms with E-state index in [0.717, 1.165) is 39.9 Å². The number of nitrogens with zero attached hydrogens (tertiary/aromatic N) is 2. The summed E-state index contributed by atoms with van der Waals surface area (Å²) in [6.07, 6.45) is 2.56. The molecule has 0 aliphatic carbocycles. The molecule has 0 unspecified atom stereocenters. The van der Waals surface area contributed by atoms with E-state index < -0.39 is 11.0 Å². The summed E-state index contributed by atoms with van der Waals surface area (Å²) in [5, 5.41) is 1.63. The third kappa shape index (κ3) is 3.55. The lowest BCUT2D eigenvalue weighted by atomic mass is 9.94. The van der Waals surface area contributed by atoms with E-state index in [0.29, 0.717) is 11.9 Å². The minimum atomic E-state index is -1.20. The molecular weight excluding hydrogens is 382 g/mol. The van der Waals surface area contributed by atoms with Crippen LogP contribution in [0.1, 0.15) is 50.6 Å². The number of fused-ring (bicyclic) bond motifs is 4. The zero-order chi connectivity index (χ0) is 20.9. The van der Waals surface area contributed by atoms with E-state index in [1.54, 1.807) is 6.20 Å². The van der Waals surface area contributed by atoms with Crippen molar-refractivity contribution in [2.24, 2.45) is 0 Å². The zero-order valence-electron chi connectivity index (χ0n) is 17.6. The van der Waals surface area contributed by atoms with Crippen LogP contribution in [0.4, 0.5) is 0 Å². The first-order chi connectivity index (χ1) is 13.7. The van der Waals surface area contributed by atoms with Crippen molar-refractivity contribution in [1.82, 2.24) is 14.3 Å². The van der Waals surface area contributed by atoms with Gasteiger partial charge in [-0.1, -0.05) is 6.07 Å². The summed E-state index contributed by atoms with van der Waals surface area (Å²) in [5.74, 6) is 0. The first kappa shape index (κ1) is 20.0. The van der Waals surface area contributed by atoms with Crippen LogP contribution in [0.3, 0.4) is 0 Å². The maximum atomic E-state index is 13.4. The summed E-state index contributed by atoms with van der Waals surface area (Å²) >= 11 is 0. The summed E-state index contributed by atoms with van der Waals surface area (Å²) in [4.78, 5) is 17.9. The quantitative estimate of drug-likeness (QED) is 0.710. The van der Waals surface area contributed by atoms with Crippen molar-refractivity contribution in [2.45, 2.75) is 58.4 Å². The minimum absolute atomic E-state index is 0.0288. The van der Waals surface area contributed by atoms with Gasteiger partial charge < -0.3 is 4.57 Å². The van der Waals surface area contributed by atoms with E-state index in [1.807, 2.05) is 57.4 Å². The Morgan fingerprint density at radius 3 is 2.69 bits per heavy atom. The lowest BCUT2D eigenvalue weighted by Gasteiger charge is -2.25. The lowest BCUT2D eigenvalue weighted by Crippen LogP contribution is -2.35. The molecular formula is C23H27N3O2S. The molecule has 0 saturated carbocycles. The second kappa shape index (κ2) is 7.18. The van der Waals surface area contributed by atoms with Gasteiger partial charge in [0.25, 0.3) is 5.56 Å². The standard InChI is InChI=1S/C23H27N3O2S/c1-14-11-17(15(2)25-29(28)23(3,4)5)18-13-21-16-7-6-9-24-20(16)8-10-26(21)22(27)19(18)12-14/h6-7,9,11-13,15,25H,8,10H2,1-5H3/t15-,29-/m1/s1. The number of aromatic nitrogens is 2. The minimum Gasteiger partial charge on any atom is -0.307 e. The molecule has 2 atom stereocenters. The van der Waals surface area contributed by atoms with Crippen LogP contribution in [0.5, 0.6) is 0 Å². The number of rotatable bonds is 3. The molecule has 1 aromatic carbocycles. The molecule has 3 heterocycles. The number of hydrogen-bond acceptors (Lipinski definition) is 3. The number of benzene rings is 1. The normalized spacial score (nSPS) is 15.6. The molecule has 0 amide bonds. The highest BCUT2D eigenvalue weighted by Gasteiger charge is 2.25. The Morgan fingerprint density at radius 2 is 1.97 bits per heavy atom. The highest BCUT2D eigenvalue weighted by atomic mass is 32.2. The average Bonchev–Trinajstić information content (AvgIpc) is 2.67. The van der Waals surface area contributed by atoms with Gasteiger partial charge in [0.2, 0.25) is 0 Å². The predicted octanol–water partition coefficient (Wildman–Crippen LogP) is 4.04. The molecule has 1 aliphatic rings. The van der Waals surface area contributed by atoms with Crippen LogP contribution in [0.15, 0.2) is 41.3 Å². The first-order valence-corrected chi connectivity index (χ1v) is 11.1. The fraction of sp³-hybridized carbons (Fsp3) is 0.391. The van der Waals surface area contributed by atoms with E-state index in [1.165, 1.54) is 0 Å². The largest absolute Gasteiger partial charge is 0.307 e. The molecule has 0 spiro atoms. The van der Waals surface area contributed by atoms with Crippen molar-refractivity contribution in [3.05, 3.63) is 63.7 Å². The van der Waals surface area contributed by atoms with Crippen LogP contribution < -0.4 is 10.3 Å². The van der Waals surface area contributed by atoms with Gasteiger partial charge in [-0.2, -0.15) is 0 Å². The van der Waals surface area contributed by atoms with E-state index >= 15 is 0 Å². The fourth-order valence-corrected chi connectivity index (χ4v) is 4.73. The van der Waals surface area contributed by atoms with Crippen molar-refractivity contribution in [3.63, 3.8) is 0 Å². The van der Waals surface area contributed by atoms with Gasteiger partial charge in [0.15, 0.2) is 0 Å². The fourth-order valence-electron chi connectivity index (χ4n) is 3.93. The molecule has 4 rings (SSSR count). The van der Waals surface area contributed by atoms with Crippen molar-refractivity contribution in [3.8, 4) is 11.3 Å². The average molecular weight is 410 g/mol. The summed E-state index contributed by atoms with van der Waals surface area (Å²) in [7, 11) is -1.20. The van der Waals surface area contributed by atoms with Crippen molar-refractivity contribution in [1.29, 1.82) is 0 Å². The Labute approximate surface area is 173 Å². The van der Waals surface area contributed by atoms with E-state index in [4.69, 9.17) is 0 Å². The van der Waals surface area contributed by atoms with Crippen molar-refractivity contribution in [2.75, 3.05) is 0 Å². The van der Waals surface area contributed by atoms with Crippen LogP contribution in [0.25, 0.3) is 22.0 Å². The van der Waals surface area contributed by atoms with Crippen LogP contribution >= 0.6 is 0 Å². The summed E-state index contributed by atoms with van der Waals surface area (Å²) in [5.41, 5.74) is 5.00. The van der Waals surface area contributed by atoms with Gasteiger partial charge in [0.1, 0.15) is 0 Å². The lowest BCUT2D eigenvalue weighted by molar-refractivity contribution is 0.617. The molecule has 6 heteroatoms. The Kier molecular flexibility index (Phi) is 4.95. The van der Waals surface area contributed by atoms with Crippen LogP contribution in [0, 0.1) is 6.92 Å². The molecule has 3 aromatic rings. The number of aryl methyl sites for hydroxylation is 2. The van der Waals surface area contributed by atoms with E-state index in [9.17, 15) is 9.00 Å². The Morgan fingerprint density at radius 1 is 1.21 bits per heavy atom. The molecule has 0 bridgehead atoms. The Bertz CT molecular complexity index is 1190. The molecule has 0 radical (unpaired) electrons. The number of pyridine rings is 2. The summed E-state index contributed by atoms with van der Waals surface area (Å²) < 4.78 is 17.4. The topological polar surface area (TPSA) is 64.0 Å². The van der Waals surface area contributed by atoms with E-state index in [-0.39, 0.29) is 16.3 Å². The molecule has 1 aliphatic heterocycles. The highest BCUT2D eigenvalue weighted by Crippen LogP contribution is 2.32. The summed E-state index contributed by atoms with van der Waals surface area (Å²) in [6.45, 7) is 10.5. The van der Waals surface area contributed by atoms with Gasteiger partial charge in [-0.05, 0) is 75.4 Å². The monoisotopic (exact) mass is 409 g/mol. The highest BCUT2D eigenvalue weighted by molar-refractivity contribution is 7.84. The third-order valence-corrected chi connectivity index (χ3v) is 7.13. The zero-order valence-corrected chi connectivity index (χ0v) is 18.4. The van der Waals surface area contributed by atoms with Gasteiger partial charge in [-0.3, -0.25) is 9.78 Å². The molecule has 2 aromatic heterocycles.